The molecule has 4 N–H and O–H groups in total. The Kier molecular flexibility index (Phi) is 8.62. The molecule has 3 nitrogen and oxygen atoms in total. The molecule has 47 heavy (non-hydrogen) atoms. The highest BCUT2D eigenvalue weighted by Gasteiger charge is 2.16. The van der Waals surface area contributed by atoms with Crippen LogP contribution in [0.3, 0.4) is 0 Å². The lowest BCUT2D eigenvalue weighted by molar-refractivity contribution is 0.471. The summed E-state index contributed by atoms with van der Waals surface area (Å²) in [7, 11) is 0. The van der Waals surface area contributed by atoms with E-state index < -0.39 is 0 Å². The Morgan fingerprint density at radius 1 is 0.617 bits per heavy atom. The summed E-state index contributed by atoms with van der Waals surface area (Å²) in [4.78, 5) is 0. The van der Waals surface area contributed by atoms with Gasteiger partial charge in [-0.2, -0.15) is 0 Å². The number of nitrogens with two attached hydrogens (primary N) is 2. The standard InChI is InChI=1S/C30H27N.C14H14N2/c1-2-21-11-13-22(14-12-21)23-15-17-26(18-16-23)31-29-10-6-5-9-27(29)28-19-24-7-3-4-8-25(24)20-30(28)31;15-13(11-7-3-1-4-8-11)14(16)12-9-5-2-6-10-12/h3-10,13,15-21H,2,11-12,14H2,1H3;1-10H,15-16H2/b;14-13-. The van der Waals surface area contributed by atoms with E-state index in [-0.39, 0.29) is 0 Å². The van der Waals surface area contributed by atoms with Crippen LogP contribution in [-0.2, 0) is 0 Å². The Balaban J connectivity index is 0.000000185. The Hall–Kier alpha value is -5.54. The molecule has 0 bridgehead atoms. The van der Waals surface area contributed by atoms with Crippen molar-refractivity contribution in [2.45, 2.75) is 32.6 Å². The minimum Gasteiger partial charge on any atom is -0.397 e. The van der Waals surface area contributed by atoms with Crippen molar-refractivity contribution in [3.63, 3.8) is 0 Å². The van der Waals surface area contributed by atoms with Gasteiger partial charge in [0.2, 0.25) is 0 Å². The van der Waals surface area contributed by atoms with Gasteiger partial charge in [0, 0.05) is 16.5 Å². The molecule has 0 fully saturated rings. The van der Waals surface area contributed by atoms with Crippen molar-refractivity contribution in [1.29, 1.82) is 0 Å². The van der Waals surface area contributed by atoms with Gasteiger partial charge >= 0.3 is 0 Å². The number of hydrogen-bond acceptors (Lipinski definition) is 2. The first-order valence-electron chi connectivity index (χ1n) is 16.7. The van der Waals surface area contributed by atoms with Crippen molar-refractivity contribution in [1.82, 2.24) is 4.57 Å². The van der Waals surface area contributed by atoms with Gasteiger partial charge in [-0.1, -0.05) is 135 Å². The number of aromatic nitrogens is 1. The molecule has 1 aliphatic carbocycles. The number of fused-ring (bicyclic) bond motifs is 4. The zero-order valence-corrected chi connectivity index (χ0v) is 26.9. The van der Waals surface area contributed by atoms with Crippen molar-refractivity contribution in [3.8, 4) is 5.69 Å². The molecule has 3 heteroatoms. The van der Waals surface area contributed by atoms with Gasteiger partial charge < -0.3 is 16.0 Å². The lowest BCUT2D eigenvalue weighted by Gasteiger charge is -2.21. The van der Waals surface area contributed by atoms with Crippen LogP contribution in [0.15, 0.2) is 152 Å². The van der Waals surface area contributed by atoms with E-state index in [1.54, 1.807) is 0 Å². The van der Waals surface area contributed by atoms with E-state index in [1.807, 2.05) is 60.7 Å². The fraction of sp³-hybridized carbons (Fsp3) is 0.136. The molecule has 0 radical (unpaired) electrons. The van der Waals surface area contributed by atoms with Crippen molar-refractivity contribution < 1.29 is 0 Å². The number of hydrogen-bond donors (Lipinski definition) is 2. The number of allylic oxidation sites excluding steroid dienone is 2. The van der Waals surface area contributed by atoms with E-state index in [0.717, 1.165) is 17.0 Å². The van der Waals surface area contributed by atoms with Crippen LogP contribution >= 0.6 is 0 Å². The van der Waals surface area contributed by atoms with Crippen LogP contribution in [0.1, 0.15) is 49.3 Å². The molecule has 0 saturated carbocycles. The molecule has 1 heterocycles. The van der Waals surface area contributed by atoms with Crippen LogP contribution in [0, 0.1) is 5.92 Å². The number of nitrogens with zero attached hydrogens (tertiary/aromatic N) is 1. The monoisotopic (exact) mass is 611 g/mol. The summed E-state index contributed by atoms with van der Waals surface area (Å²) in [5.41, 5.74) is 21.8. The van der Waals surface area contributed by atoms with Crippen molar-refractivity contribution >= 4 is 49.5 Å². The predicted molar refractivity (Wildman–Crippen MR) is 202 cm³/mol. The Bertz CT molecular complexity index is 2160. The van der Waals surface area contributed by atoms with E-state index in [2.05, 4.69) is 102 Å². The summed E-state index contributed by atoms with van der Waals surface area (Å²) in [5, 5.41) is 5.21. The third-order valence-corrected chi connectivity index (χ3v) is 9.59. The molecule has 0 spiro atoms. The molecular weight excluding hydrogens is 571 g/mol. The van der Waals surface area contributed by atoms with Crippen LogP contribution in [-0.4, -0.2) is 4.57 Å². The maximum Gasteiger partial charge on any atom is 0.0627 e. The molecule has 8 rings (SSSR count). The minimum absolute atomic E-state index is 0.617. The number of benzene rings is 6. The molecule has 1 atom stereocenters. The van der Waals surface area contributed by atoms with E-state index in [1.165, 1.54) is 75.1 Å². The summed E-state index contributed by atoms with van der Waals surface area (Å²) in [6, 6.07) is 50.8. The highest BCUT2D eigenvalue weighted by Crippen LogP contribution is 2.36. The molecule has 1 aliphatic rings. The Morgan fingerprint density at radius 3 is 1.79 bits per heavy atom. The van der Waals surface area contributed by atoms with Gasteiger partial charge in [0.1, 0.15) is 0 Å². The fourth-order valence-electron chi connectivity index (χ4n) is 6.83. The van der Waals surface area contributed by atoms with Gasteiger partial charge in [0.15, 0.2) is 0 Å². The predicted octanol–water partition coefficient (Wildman–Crippen LogP) is 11.0. The van der Waals surface area contributed by atoms with Crippen molar-refractivity contribution in [3.05, 3.63) is 168 Å². The summed E-state index contributed by atoms with van der Waals surface area (Å²) in [6.07, 6.45) is 7.53. The fourth-order valence-corrected chi connectivity index (χ4v) is 6.83. The van der Waals surface area contributed by atoms with Gasteiger partial charge in [-0.25, -0.2) is 0 Å². The second kappa shape index (κ2) is 13.4. The first kappa shape index (κ1) is 30.1. The molecule has 0 amide bonds. The summed E-state index contributed by atoms with van der Waals surface area (Å²) >= 11 is 0. The second-order valence-corrected chi connectivity index (χ2v) is 12.5. The van der Waals surface area contributed by atoms with Crippen LogP contribution < -0.4 is 11.5 Å². The second-order valence-electron chi connectivity index (χ2n) is 12.5. The number of rotatable bonds is 5. The van der Waals surface area contributed by atoms with E-state index in [0.29, 0.717) is 11.4 Å². The first-order valence-corrected chi connectivity index (χ1v) is 16.7. The molecule has 1 unspecified atom stereocenters. The lowest BCUT2D eigenvalue weighted by Crippen LogP contribution is -2.07. The summed E-state index contributed by atoms with van der Waals surface area (Å²) in [5.74, 6) is 0.871. The summed E-state index contributed by atoms with van der Waals surface area (Å²) < 4.78 is 2.42. The largest absolute Gasteiger partial charge is 0.397 e. The van der Waals surface area contributed by atoms with Gasteiger partial charge in [-0.3, -0.25) is 0 Å². The molecule has 0 saturated heterocycles. The van der Waals surface area contributed by atoms with E-state index >= 15 is 0 Å². The average molecular weight is 612 g/mol. The zero-order chi connectivity index (χ0) is 32.2. The van der Waals surface area contributed by atoms with Crippen LogP contribution in [0.25, 0.3) is 55.2 Å². The van der Waals surface area contributed by atoms with E-state index in [9.17, 15) is 0 Å². The topological polar surface area (TPSA) is 57.0 Å². The molecule has 0 aliphatic heterocycles. The van der Waals surface area contributed by atoms with Gasteiger partial charge in [0.05, 0.1) is 22.4 Å². The smallest absolute Gasteiger partial charge is 0.0627 e. The maximum atomic E-state index is 6.03. The van der Waals surface area contributed by atoms with Crippen LogP contribution in [0.5, 0.6) is 0 Å². The van der Waals surface area contributed by atoms with Gasteiger partial charge in [-0.15, -0.1) is 0 Å². The van der Waals surface area contributed by atoms with Gasteiger partial charge in [0.25, 0.3) is 0 Å². The average Bonchev–Trinajstić information content (AvgIpc) is 3.47. The van der Waals surface area contributed by atoms with Gasteiger partial charge in [-0.05, 0) is 88.5 Å². The van der Waals surface area contributed by atoms with Crippen molar-refractivity contribution in [2.75, 3.05) is 0 Å². The van der Waals surface area contributed by atoms with Crippen LogP contribution in [0.4, 0.5) is 0 Å². The normalized spacial score (nSPS) is 15.2. The first-order chi connectivity index (χ1) is 23.1. The quantitative estimate of drug-likeness (QED) is 0.190. The van der Waals surface area contributed by atoms with E-state index in [4.69, 9.17) is 11.5 Å². The third kappa shape index (κ3) is 6.17. The van der Waals surface area contributed by atoms with Crippen molar-refractivity contribution in [2.24, 2.45) is 17.4 Å². The molecule has 1 aromatic heterocycles. The maximum absolute atomic E-state index is 6.03. The lowest BCUT2D eigenvalue weighted by atomic mass is 9.85. The third-order valence-electron chi connectivity index (χ3n) is 9.59. The highest BCUT2D eigenvalue weighted by molar-refractivity contribution is 6.13. The molecular formula is C44H41N3. The number of para-hydroxylation sites is 1. The zero-order valence-electron chi connectivity index (χ0n) is 26.9. The minimum atomic E-state index is 0.617. The SMILES string of the molecule is CCC1CC=C(c2ccc(-n3c4ccccc4c4cc5ccccc5cc43)cc2)CC1.N/C(=C(\N)c1ccccc1)c1ccccc1. The molecule has 7 aromatic rings. The Labute approximate surface area is 277 Å². The molecule has 6 aromatic carbocycles. The highest BCUT2D eigenvalue weighted by atomic mass is 15.0. The van der Waals surface area contributed by atoms with Crippen LogP contribution in [0.2, 0.25) is 0 Å². The molecule has 232 valence electrons. The Morgan fingerprint density at radius 2 is 1.19 bits per heavy atom. The summed E-state index contributed by atoms with van der Waals surface area (Å²) in [6.45, 7) is 2.31.